The van der Waals surface area contributed by atoms with E-state index in [-0.39, 0.29) is 0 Å². The van der Waals surface area contributed by atoms with E-state index in [2.05, 4.69) is 39.5 Å². The van der Waals surface area contributed by atoms with Crippen LogP contribution in [0.25, 0.3) is 0 Å². The van der Waals surface area contributed by atoms with Crippen LogP contribution < -0.4 is 0 Å². The third kappa shape index (κ3) is 4.86. The average Bonchev–Trinajstić information content (AvgIpc) is 2.19. The van der Waals surface area contributed by atoms with Gasteiger partial charge in [0.1, 0.15) is 0 Å². The van der Waals surface area contributed by atoms with Crippen molar-refractivity contribution in [2.24, 2.45) is 11.3 Å². The summed E-state index contributed by atoms with van der Waals surface area (Å²) >= 11 is 0. The quantitative estimate of drug-likeness (QED) is 0.642. The van der Waals surface area contributed by atoms with Crippen molar-refractivity contribution < 1.29 is 0 Å². The van der Waals surface area contributed by atoms with Crippen LogP contribution in [0.15, 0.2) is 0 Å². The lowest BCUT2D eigenvalue weighted by Gasteiger charge is -2.33. The molecule has 16 heavy (non-hydrogen) atoms. The summed E-state index contributed by atoms with van der Waals surface area (Å²) in [7, 11) is 0. The lowest BCUT2D eigenvalue weighted by atomic mass is 9.80. The van der Waals surface area contributed by atoms with Crippen molar-refractivity contribution >= 4 is 0 Å². The van der Waals surface area contributed by atoms with Gasteiger partial charge in [-0.1, -0.05) is 27.2 Å². The zero-order valence-corrected chi connectivity index (χ0v) is 12.1. The van der Waals surface area contributed by atoms with Gasteiger partial charge in [0, 0.05) is 12.6 Å². The van der Waals surface area contributed by atoms with Gasteiger partial charge in [-0.25, -0.2) is 0 Å². The van der Waals surface area contributed by atoms with E-state index in [4.69, 9.17) is 0 Å². The van der Waals surface area contributed by atoms with Gasteiger partial charge in [0.2, 0.25) is 0 Å². The summed E-state index contributed by atoms with van der Waals surface area (Å²) in [4.78, 5) is 2.67. The molecular formula is C15H31N. The van der Waals surface area contributed by atoms with E-state index in [1.807, 2.05) is 0 Å². The molecule has 0 aromatic carbocycles. The van der Waals surface area contributed by atoms with E-state index >= 15 is 0 Å². The third-order valence-corrected chi connectivity index (χ3v) is 4.14. The molecule has 1 heteroatoms. The fourth-order valence-electron chi connectivity index (χ4n) is 2.73. The number of rotatable bonds is 1. The molecule has 0 bridgehead atoms. The molecule has 0 spiro atoms. The summed E-state index contributed by atoms with van der Waals surface area (Å²) in [6.07, 6.45) is 7.00. The first kappa shape index (κ1) is 14.0. The number of nitrogens with zero attached hydrogens (tertiary/aromatic N) is 1. The van der Waals surface area contributed by atoms with Crippen molar-refractivity contribution in [2.45, 2.75) is 72.8 Å². The molecule has 0 amide bonds. The van der Waals surface area contributed by atoms with Gasteiger partial charge in [0.15, 0.2) is 0 Å². The maximum Gasteiger partial charge on any atom is 0.00387 e. The first-order valence-electron chi connectivity index (χ1n) is 7.15. The van der Waals surface area contributed by atoms with Gasteiger partial charge in [-0.2, -0.15) is 0 Å². The summed E-state index contributed by atoms with van der Waals surface area (Å²) in [5.41, 5.74) is 0.578. The standard InChI is InChI=1S/C15H31N/c1-13(2)16-11-7-6-9-15(4,5)10-8-14(3)12-16/h13-14H,6-12H2,1-5H3. The van der Waals surface area contributed by atoms with E-state index in [0.29, 0.717) is 5.41 Å². The smallest absolute Gasteiger partial charge is 0.00387 e. The minimum absolute atomic E-state index is 0.578. The lowest BCUT2D eigenvalue weighted by Crippen LogP contribution is -2.36. The molecule has 0 aromatic heterocycles. The SMILES string of the molecule is CC1CCC(C)(C)CCCCN(C(C)C)C1. The van der Waals surface area contributed by atoms with Gasteiger partial charge in [-0.15, -0.1) is 0 Å². The molecule has 0 radical (unpaired) electrons. The molecule has 1 unspecified atom stereocenters. The van der Waals surface area contributed by atoms with E-state index in [9.17, 15) is 0 Å². The van der Waals surface area contributed by atoms with Crippen LogP contribution >= 0.6 is 0 Å². The topological polar surface area (TPSA) is 3.24 Å². The molecule has 1 aliphatic heterocycles. The molecule has 1 saturated heterocycles. The Bertz CT molecular complexity index is 196. The third-order valence-electron chi connectivity index (χ3n) is 4.14. The highest BCUT2D eigenvalue weighted by Crippen LogP contribution is 2.31. The fraction of sp³-hybridized carbons (Fsp3) is 1.00. The van der Waals surface area contributed by atoms with Gasteiger partial charge < -0.3 is 4.90 Å². The Morgan fingerprint density at radius 2 is 1.81 bits per heavy atom. The molecular weight excluding hydrogens is 194 g/mol. The van der Waals surface area contributed by atoms with Crippen LogP contribution in [0.4, 0.5) is 0 Å². The first-order chi connectivity index (χ1) is 7.41. The van der Waals surface area contributed by atoms with Crippen LogP contribution in [0.3, 0.4) is 0 Å². The average molecular weight is 225 g/mol. The first-order valence-corrected chi connectivity index (χ1v) is 7.15. The van der Waals surface area contributed by atoms with Crippen LogP contribution in [-0.4, -0.2) is 24.0 Å². The Balaban J connectivity index is 2.52. The molecule has 1 aliphatic rings. The molecule has 1 nitrogen and oxygen atoms in total. The maximum absolute atomic E-state index is 2.67. The Kier molecular flexibility index (Phi) is 5.30. The highest BCUT2D eigenvalue weighted by atomic mass is 15.1. The van der Waals surface area contributed by atoms with Crippen molar-refractivity contribution in [1.82, 2.24) is 4.90 Å². The van der Waals surface area contributed by atoms with Crippen LogP contribution in [0.1, 0.15) is 66.7 Å². The zero-order chi connectivity index (χ0) is 12.2. The highest BCUT2D eigenvalue weighted by Gasteiger charge is 2.22. The highest BCUT2D eigenvalue weighted by molar-refractivity contribution is 4.75. The maximum atomic E-state index is 2.67. The van der Waals surface area contributed by atoms with Crippen molar-refractivity contribution in [1.29, 1.82) is 0 Å². The van der Waals surface area contributed by atoms with Gasteiger partial charge in [-0.05, 0) is 57.4 Å². The Morgan fingerprint density at radius 3 is 2.44 bits per heavy atom. The van der Waals surface area contributed by atoms with Crippen LogP contribution in [-0.2, 0) is 0 Å². The van der Waals surface area contributed by atoms with Crippen molar-refractivity contribution in [2.75, 3.05) is 13.1 Å². The second-order valence-corrected chi connectivity index (χ2v) is 6.85. The number of hydrogen-bond acceptors (Lipinski definition) is 1. The molecule has 0 saturated carbocycles. The van der Waals surface area contributed by atoms with E-state index in [1.165, 1.54) is 45.2 Å². The summed E-state index contributed by atoms with van der Waals surface area (Å²) in [6, 6.07) is 0.717. The fourth-order valence-corrected chi connectivity index (χ4v) is 2.73. The monoisotopic (exact) mass is 225 g/mol. The largest absolute Gasteiger partial charge is 0.301 e. The van der Waals surface area contributed by atoms with Crippen molar-refractivity contribution in [3.8, 4) is 0 Å². The van der Waals surface area contributed by atoms with Crippen molar-refractivity contribution in [3.05, 3.63) is 0 Å². The molecule has 0 aromatic rings. The van der Waals surface area contributed by atoms with Gasteiger partial charge in [0.25, 0.3) is 0 Å². The number of hydrogen-bond donors (Lipinski definition) is 0. The second-order valence-electron chi connectivity index (χ2n) is 6.85. The van der Waals surface area contributed by atoms with Crippen LogP contribution in [0.5, 0.6) is 0 Å². The Morgan fingerprint density at radius 1 is 1.12 bits per heavy atom. The summed E-state index contributed by atoms with van der Waals surface area (Å²) in [5, 5.41) is 0. The van der Waals surface area contributed by atoms with Gasteiger partial charge in [0.05, 0.1) is 0 Å². The Hall–Kier alpha value is -0.0400. The predicted molar refractivity (Wildman–Crippen MR) is 72.7 cm³/mol. The van der Waals surface area contributed by atoms with Crippen LogP contribution in [0, 0.1) is 11.3 Å². The minimum Gasteiger partial charge on any atom is -0.301 e. The zero-order valence-electron chi connectivity index (χ0n) is 12.1. The molecule has 1 atom stereocenters. The Labute approximate surface area is 103 Å². The molecule has 0 aliphatic carbocycles. The minimum atomic E-state index is 0.578. The molecule has 1 heterocycles. The van der Waals surface area contributed by atoms with E-state index < -0.39 is 0 Å². The lowest BCUT2D eigenvalue weighted by molar-refractivity contribution is 0.157. The van der Waals surface area contributed by atoms with Crippen LogP contribution in [0.2, 0.25) is 0 Å². The molecule has 1 fully saturated rings. The predicted octanol–water partition coefficient (Wildman–Crippen LogP) is 4.32. The molecule has 1 rings (SSSR count). The summed E-state index contributed by atoms with van der Waals surface area (Å²) < 4.78 is 0. The van der Waals surface area contributed by atoms with E-state index in [0.717, 1.165) is 12.0 Å². The normalized spacial score (nSPS) is 29.2. The van der Waals surface area contributed by atoms with Gasteiger partial charge >= 0.3 is 0 Å². The molecule has 0 N–H and O–H groups in total. The molecule has 96 valence electrons. The second kappa shape index (κ2) is 6.05. The summed E-state index contributed by atoms with van der Waals surface area (Å²) in [5.74, 6) is 0.861. The summed E-state index contributed by atoms with van der Waals surface area (Å²) in [6.45, 7) is 14.6. The van der Waals surface area contributed by atoms with Crippen molar-refractivity contribution in [3.63, 3.8) is 0 Å². The van der Waals surface area contributed by atoms with E-state index in [1.54, 1.807) is 0 Å². The van der Waals surface area contributed by atoms with Gasteiger partial charge in [-0.3, -0.25) is 0 Å².